The Balaban J connectivity index is 1.85. The molecule has 3 amide bonds. The van der Waals surface area contributed by atoms with Crippen LogP contribution in [0.25, 0.3) is 0 Å². The number of hydrogen-bond donors (Lipinski definition) is 1. The van der Waals surface area contributed by atoms with Crippen molar-refractivity contribution in [2.45, 2.75) is 20.3 Å². The average molecular weight is 479 g/mol. The number of nitrogens with zero attached hydrogens (tertiary/aromatic N) is 5. The molecule has 35 heavy (non-hydrogen) atoms. The van der Waals surface area contributed by atoms with Gasteiger partial charge < -0.3 is 9.64 Å². The molecule has 1 N–H and O–H groups in total. The summed E-state index contributed by atoms with van der Waals surface area (Å²) < 4.78 is 19.3. The summed E-state index contributed by atoms with van der Waals surface area (Å²) in [6.45, 7) is 4.20. The molecule has 0 unspecified atom stereocenters. The number of aryl methyl sites for hydroxylation is 1. The number of amides is 3. The van der Waals surface area contributed by atoms with E-state index in [9.17, 15) is 14.0 Å². The zero-order valence-electron chi connectivity index (χ0n) is 19.8. The normalized spacial score (nSPS) is 13.3. The molecular weight excluding hydrogens is 451 g/mol. The maximum atomic E-state index is 13.6. The van der Waals surface area contributed by atoms with Crippen LogP contribution in [0, 0.1) is 6.92 Å². The van der Waals surface area contributed by atoms with E-state index >= 15 is 0 Å². The SMILES string of the molecule is CCN(C)C(=O)NC(=Nc1ccc(Oc2cncc(C)n2)cc1)N(C=O)CC1=CC=C(F)CC=C1. The second-order valence-electron chi connectivity index (χ2n) is 7.67. The predicted octanol–water partition coefficient (Wildman–Crippen LogP) is 4.42. The zero-order valence-corrected chi connectivity index (χ0v) is 19.8. The highest BCUT2D eigenvalue weighted by molar-refractivity contribution is 6.01. The van der Waals surface area contributed by atoms with Crippen LogP contribution in [0.3, 0.4) is 0 Å². The van der Waals surface area contributed by atoms with Crippen molar-refractivity contribution < 1.29 is 18.7 Å². The van der Waals surface area contributed by atoms with Gasteiger partial charge in [0, 0.05) is 26.2 Å². The molecule has 1 aromatic carbocycles. The number of aromatic nitrogens is 2. The quantitative estimate of drug-likeness (QED) is 0.361. The van der Waals surface area contributed by atoms with Crippen LogP contribution in [0.2, 0.25) is 0 Å². The zero-order chi connectivity index (χ0) is 25.2. The Morgan fingerprint density at radius 1 is 1.26 bits per heavy atom. The molecule has 1 aliphatic carbocycles. The van der Waals surface area contributed by atoms with Crippen molar-refractivity contribution in [1.82, 2.24) is 25.1 Å². The highest BCUT2D eigenvalue weighted by atomic mass is 19.1. The molecule has 0 saturated carbocycles. The van der Waals surface area contributed by atoms with Crippen molar-refractivity contribution in [3.8, 4) is 11.6 Å². The minimum absolute atomic E-state index is 0.0338. The lowest BCUT2D eigenvalue weighted by atomic mass is 10.2. The van der Waals surface area contributed by atoms with E-state index in [1.807, 2.05) is 13.8 Å². The number of carbonyl (C=O) groups excluding carboxylic acids is 2. The number of halogens is 1. The maximum absolute atomic E-state index is 13.6. The lowest BCUT2D eigenvalue weighted by Crippen LogP contribution is -2.48. The Kier molecular flexibility index (Phi) is 8.82. The van der Waals surface area contributed by atoms with Gasteiger partial charge in [-0.15, -0.1) is 0 Å². The summed E-state index contributed by atoms with van der Waals surface area (Å²) in [4.78, 5) is 40.0. The van der Waals surface area contributed by atoms with Crippen LogP contribution in [0.15, 0.2) is 77.4 Å². The van der Waals surface area contributed by atoms with E-state index in [1.165, 1.54) is 22.1 Å². The van der Waals surface area contributed by atoms with Crippen LogP contribution >= 0.6 is 0 Å². The monoisotopic (exact) mass is 478 g/mol. The Bertz CT molecular complexity index is 1170. The summed E-state index contributed by atoms with van der Waals surface area (Å²) in [6.07, 6.45) is 10.2. The number of aliphatic imine (C=N–C) groups is 1. The Labute approximate surface area is 203 Å². The van der Waals surface area contributed by atoms with Crippen LogP contribution < -0.4 is 10.1 Å². The standard InChI is InChI=1S/C25H27FN6O3/c1-4-31(3)25(34)30-24(32(17-33)16-19-6-5-7-20(26)9-8-19)29-21-10-12-22(13-11-21)35-23-15-27-14-18(2)28-23/h5-6,8-15,17H,4,7,16H2,1-3H3,(H,29,30,34). The van der Waals surface area contributed by atoms with Crippen molar-refractivity contribution in [3.63, 3.8) is 0 Å². The number of rotatable bonds is 7. The molecule has 0 aliphatic heterocycles. The molecule has 2 aromatic rings. The third-order valence-electron chi connectivity index (χ3n) is 4.94. The van der Waals surface area contributed by atoms with E-state index in [1.54, 1.807) is 55.7 Å². The first-order valence-corrected chi connectivity index (χ1v) is 11.0. The van der Waals surface area contributed by atoms with Gasteiger partial charge in [-0.3, -0.25) is 20.0 Å². The number of urea groups is 1. The summed E-state index contributed by atoms with van der Waals surface area (Å²) in [5.74, 6) is 0.639. The van der Waals surface area contributed by atoms with Crippen molar-refractivity contribution in [2.75, 3.05) is 20.1 Å². The number of hydrogen-bond acceptors (Lipinski definition) is 6. The van der Waals surface area contributed by atoms with Crippen LogP contribution in [0.4, 0.5) is 14.9 Å². The van der Waals surface area contributed by atoms with E-state index in [0.717, 1.165) is 5.69 Å². The highest BCUT2D eigenvalue weighted by Gasteiger charge is 2.17. The molecule has 0 radical (unpaired) electrons. The summed E-state index contributed by atoms with van der Waals surface area (Å²) in [5.41, 5.74) is 1.89. The predicted molar refractivity (Wildman–Crippen MR) is 131 cm³/mol. The Morgan fingerprint density at radius 3 is 2.71 bits per heavy atom. The van der Waals surface area contributed by atoms with E-state index in [0.29, 0.717) is 35.8 Å². The van der Waals surface area contributed by atoms with Crippen LogP contribution in [-0.4, -0.2) is 58.3 Å². The van der Waals surface area contributed by atoms with Crippen LogP contribution in [-0.2, 0) is 4.79 Å². The lowest BCUT2D eigenvalue weighted by Gasteiger charge is -2.23. The molecule has 0 atom stereocenters. The van der Waals surface area contributed by atoms with E-state index in [4.69, 9.17) is 4.74 Å². The number of carbonyl (C=O) groups is 2. The van der Waals surface area contributed by atoms with Gasteiger partial charge >= 0.3 is 6.03 Å². The van der Waals surface area contributed by atoms with Gasteiger partial charge in [-0.05, 0) is 49.8 Å². The van der Waals surface area contributed by atoms with Crippen molar-refractivity contribution >= 4 is 24.1 Å². The second-order valence-corrected chi connectivity index (χ2v) is 7.67. The van der Waals surface area contributed by atoms with Gasteiger partial charge in [0.25, 0.3) is 0 Å². The number of ether oxygens (including phenoxy) is 1. The van der Waals surface area contributed by atoms with E-state index in [-0.39, 0.29) is 24.8 Å². The second kappa shape index (κ2) is 12.2. The first-order chi connectivity index (χ1) is 16.9. The average Bonchev–Trinajstić information content (AvgIpc) is 3.06. The Hall–Kier alpha value is -4.34. The Morgan fingerprint density at radius 2 is 2.03 bits per heavy atom. The molecule has 0 saturated heterocycles. The first kappa shape index (κ1) is 25.3. The fraction of sp³-hybridized carbons (Fsp3) is 0.240. The molecule has 182 valence electrons. The van der Waals surface area contributed by atoms with Gasteiger partial charge in [0.2, 0.25) is 18.2 Å². The van der Waals surface area contributed by atoms with Crippen molar-refractivity contribution in [2.24, 2.45) is 4.99 Å². The van der Waals surface area contributed by atoms with Crippen LogP contribution in [0.5, 0.6) is 11.6 Å². The molecule has 0 fully saturated rings. The molecule has 9 nitrogen and oxygen atoms in total. The first-order valence-electron chi connectivity index (χ1n) is 11.0. The van der Waals surface area contributed by atoms with Gasteiger partial charge in [-0.2, -0.15) is 0 Å². The lowest BCUT2D eigenvalue weighted by molar-refractivity contribution is -0.114. The topological polar surface area (TPSA) is 100 Å². The third kappa shape index (κ3) is 7.60. The van der Waals surface area contributed by atoms with Crippen molar-refractivity contribution in [1.29, 1.82) is 0 Å². The fourth-order valence-electron chi connectivity index (χ4n) is 2.93. The fourth-order valence-corrected chi connectivity index (χ4v) is 2.93. The summed E-state index contributed by atoms with van der Waals surface area (Å²) in [5, 5.41) is 2.68. The molecule has 0 spiro atoms. The largest absolute Gasteiger partial charge is 0.437 e. The molecule has 3 rings (SSSR count). The summed E-state index contributed by atoms with van der Waals surface area (Å²) >= 11 is 0. The molecule has 10 heteroatoms. The minimum atomic E-state index is -0.424. The molecular formula is C25H27FN6O3. The maximum Gasteiger partial charge on any atom is 0.323 e. The van der Waals surface area contributed by atoms with E-state index in [2.05, 4.69) is 20.3 Å². The van der Waals surface area contributed by atoms with Crippen molar-refractivity contribution in [3.05, 3.63) is 78.1 Å². The van der Waals surface area contributed by atoms with Gasteiger partial charge in [0.15, 0.2) is 0 Å². The molecule has 0 bridgehead atoms. The van der Waals surface area contributed by atoms with Gasteiger partial charge in [0.1, 0.15) is 11.6 Å². The molecule has 1 aliphatic rings. The van der Waals surface area contributed by atoms with Gasteiger partial charge in [-0.25, -0.2) is 19.2 Å². The minimum Gasteiger partial charge on any atom is -0.437 e. The third-order valence-corrected chi connectivity index (χ3v) is 4.94. The van der Waals surface area contributed by atoms with Gasteiger partial charge in [-0.1, -0.05) is 18.2 Å². The van der Waals surface area contributed by atoms with E-state index < -0.39 is 6.03 Å². The number of guanidine groups is 1. The van der Waals surface area contributed by atoms with Gasteiger partial charge in [0.05, 0.1) is 24.1 Å². The summed E-state index contributed by atoms with van der Waals surface area (Å²) in [7, 11) is 1.63. The number of nitrogens with one attached hydrogen (secondary N) is 1. The molecule has 1 heterocycles. The highest BCUT2D eigenvalue weighted by Crippen LogP contribution is 2.23. The number of benzene rings is 1. The number of allylic oxidation sites excluding steroid dienone is 4. The summed E-state index contributed by atoms with van der Waals surface area (Å²) in [6, 6.07) is 6.32. The smallest absolute Gasteiger partial charge is 0.323 e. The molecule has 1 aromatic heterocycles. The van der Waals surface area contributed by atoms with Crippen LogP contribution in [0.1, 0.15) is 19.0 Å².